The maximum absolute atomic E-state index is 12.2. The molecule has 2 N–H and O–H groups in total. The lowest BCUT2D eigenvalue weighted by Gasteiger charge is -2.03. The lowest BCUT2D eigenvalue weighted by molar-refractivity contribution is 0.0959. The summed E-state index contributed by atoms with van der Waals surface area (Å²) in [5.74, 6) is -0.0104. The van der Waals surface area contributed by atoms with Gasteiger partial charge in [-0.15, -0.1) is 11.3 Å². The molecule has 3 rings (SSSR count). The number of aromatic hydroxyl groups is 1. The zero-order chi connectivity index (χ0) is 17.1. The molecule has 24 heavy (non-hydrogen) atoms. The second-order valence-corrected chi connectivity index (χ2v) is 6.30. The molecule has 0 aliphatic carbocycles. The predicted molar refractivity (Wildman–Crippen MR) is 96.6 cm³/mol. The van der Waals surface area contributed by atoms with Crippen molar-refractivity contribution in [3.63, 3.8) is 0 Å². The highest BCUT2D eigenvalue weighted by Gasteiger charge is 2.16. The quantitative estimate of drug-likeness (QED) is 0.545. The Hall–Kier alpha value is -2.57. The summed E-state index contributed by atoms with van der Waals surface area (Å²) in [6, 6.07) is 12.4. The minimum Gasteiger partial charge on any atom is -0.504 e. The Morgan fingerprint density at radius 1 is 1.33 bits per heavy atom. The van der Waals surface area contributed by atoms with E-state index in [0.29, 0.717) is 21.2 Å². The van der Waals surface area contributed by atoms with Crippen LogP contribution in [0.3, 0.4) is 0 Å². The first-order valence-electron chi connectivity index (χ1n) is 6.97. The Morgan fingerprint density at radius 2 is 2.12 bits per heavy atom. The molecule has 1 amide bonds. The van der Waals surface area contributed by atoms with Crippen LogP contribution in [0.4, 0.5) is 0 Å². The highest BCUT2D eigenvalue weighted by atomic mass is 35.5. The van der Waals surface area contributed by atoms with Crippen LogP contribution in [0.25, 0.3) is 10.1 Å². The van der Waals surface area contributed by atoms with Crippen LogP contribution in [0.5, 0.6) is 11.5 Å². The van der Waals surface area contributed by atoms with E-state index in [1.54, 1.807) is 12.1 Å². The van der Waals surface area contributed by atoms with E-state index in [2.05, 4.69) is 10.5 Å². The van der Waals surface area contributed by atoms with Crippen LogP contribution in [0.2, 0.25) is 5.02 Å². The number of hydrazone groups is 1. The molecule has 0 aliphatic heterocycles. The van der Waals surface area contributed by atoms with Gasteiger partial charge in [0.15, 0.2) is 11.5 Å². The summed E-state index contributed by atoms with van der Waals surface area (Å²) < 4.78 is 5.91. The summed E-state index contributed by atoms with van der Waals surface area (Å²) in [5.41, 5.74) is 3.06. The van der Waals surface area contributed by atoms with Crippen LogP contribution in [0.15, 0.2) is 47.6 Å². The van der Waals surface area contributed by atoms with Crippen molar-refractivity contribution in [3.8, 4) is 11.5 Å². The minimum absolute atomic E-state index is 0.000303. The summed E-state index contributed by atoms with van der Waals surface area (Å²) >= 11 is 7.56. The van der Waals surface area contributed by atoms with Gasteiger partial charge < -0.3 is 9.84 Å². The highest BCUT2D eigenvalue weighted by molar-refractivity contribution is 7.21. The highest BCUT2D eigenvalue weighted by Crippen LogP contribution is 2.34. The fourth-order valence-corrected chi connectivity index (χ4v) is 3.57. The van der Waals surface area contributed by atoms with Gasteiger partial charge in [-0.25, -0.2) is 5.43 Å². The van der Waals surface area contributed by atoms with Gasteiger partial charge in [-0.1, -0.05) is 29.8 Å². The molecule has 0 radical (unpaired) electrons. The fourth-order valence-electron chi connectivity index (χ4n) is 2.16. The Balaban J connectivity index is 1.75. The second-order valence-electron chi connectivity index (χ2n) is 4.87. The minimum atomic E-state index is -0.379. The van der Waals surface area contributed by atoms with Crippen molar-refractivity contribution in [2.75, 3.05) is 7.11 Å². The smallest absolute Gasteiger partial charge is 0.283 e. The van der Waals surface area contributed by atoms with E-state index in [4.69, 9.17) is 16.3 Å². The molecule has 0 fully saturated rings. The van der Waals surface area contributed by atoms with E-state index >= 15 is 0 Å². The number of methoxy groups -OCH3 is 1. The van der Waals surface area contributed by atoms with Gasteiger partial charge in [-0.3, -0.25) is 4.79 Å². The lowest BCUT2D eigenvalue weighted by Crippen LogP contribution is -2.16. The van der Waals surface area contributed by atoms with Crippen molar-refractivity contribution in [2.45, 2.75) is 0 Å². The van der Waals surface area contributed by atoms with Crippen molar-refractivity contribution in [1.29, 1.82) is 0 Å². The molecule has 5 nitrogen and oxygen atoms in total. The first kappa shape index (κ1) is 16.3. The van der Waals surface area contributed by atoms with E-state index < -0.39 is 0 Å². The van der Waals surface area contributed by atoms with Crippen molar-refractivity contribution in [3.05, 3.63) is 57.9 Å². The van der Waals surface area contributed by atoms with Crippen LogP contribution in [0.1, 0.15) is 15.2 Å². The average molecular weight is 361 g/mol. The molecule has 0 unspecified atom stereocenters. The summed E-state index contributed by atoms with van der Waals surface area (Å²) in [5, 5.41) is 14.9. The summed E-state index contributed by atoms with van der Waals surface area (Å²) in [6.07, 6.45) is 1.43. The SMILES string of the molecule is COc1ccc(C=NNC(=O)c2sc3ccccc3c2Cl)cc1O. The number of halogens is 1. The van der Waals surface area contributed by atoms with E-state index in [0.717, 1.165) is 10.1 Å². The largest absolute Gasteiger partial charge is 0.504 e. The van der Waals surface area contributed by atoms with Gasteiger partial charge in [0.1, 0.15) is 4.88 Å². The van der Waals surface area contributed by atoms with Crippen LogP contribution in [-0.4, -0.2) is 24.3 Å². The number of fused-ring (bicyclic) bond motifs is 1. The van der Waals surface area contributed by atoms with E-state index in [1.165, 1.54) is 30.7 Å². The first-order valence-corrected chi connectivity index (χ1v) is 8.17. The van der Waals surface area contributed by atoms with Gasteiger partial charge in [0.2, 0.25) is 0 Å². The molecule has 0 atom stereocenters. The van der Waals surface area contributed by atoms with Crippen LogP contribution >= 0.6 is 22.9 Å². The summed E-state index contributed by atoms with van der Waals surface area (Å²) in [6.45, 7) is 0. The van der Waals surface area contributed by atoms with Gasteiger partial charge in [0, 0.05) is 10.1 Å². The van der Waals surface area contributed by atoms with Gasteiger partial charge in [-0.05, 0) is 29.8 Å². The van der Waals surface area contributed by atoms with E-state index in [1.807, 2.05) is 24.3 Å². The maximum Gasteiger partial charge on any atom is 0.283 e. The predicted octanol–water partition coefficient (Wildman–Crippen LogP) is 4.03. The molecule has 0 bridgehead atoms. The second kappa shape index (κ2) is 6.90. The summed E-state index contributed by atoms with van der Waals surface area (Å²) in [4.78, 5) is 12.6. The average Bonchev–Trinajstić information content (AvgIpc) is 2.92. The van der Waals surface area contributed by atoms with Gasteiger partial charge >= 0.3 is 0 Å². The number of nitrogens with zero attached hydrogens (tertiary/aromatic N) is 1. The number of rotatable bonds is 4. The number of phenolic OH excluding ortho intramolecular Hbond substituents is 1. The van der Waals surface area contributed by atoms with Gasteiger partial charge in [-0.2, -0.15) is 5.10 Å². The zero-order valence-corrected chi connectivity index (χ0v) is 14.2. The van der Waals surface area contributed by atoms with E-state index in [-0.39, 0.29) is 11.7 Å². The molecule has 0 aliphatic rings. The molecule has 1 heterocycles. The monoisotopic (exact) mass is 360 g/mol. The topological polar surface area (TPSA) is 70.9 Å². The molecular formula is C17H13ClN2O3S. The Kier molecular flexibility index (Phi) is 4.69. The number of amides is 1. The number of phenols is 1. The van der Waals surface area contributed by atoms with Gasteiger partial charge in [0.05, 0.1) is 18.3 Å². The van der Waals surface area contributed by atoms with Crippen molar-refractivity contribution in [1.82, 2.24) is 5.43 Å². The third-order valence-corrected chi connectivity index (χ3v) is 5.00. The number of carbonyl (C=O) groups is 1. The van der Waals surface area contributed by atoms with Crippen LogP contribution < -0.4 is 10.2 Å². The normalized spacial score (nSPS) is 11.1. The molecule has 122 valence electrons. The number of hydrogen-bond donors (Lipinski definition) is 2. The molecule has 7 heteroatoms. The molecule has 0 saturated carbocycles. The van der Waals surface area contributed by atoms with Crippen molar-refractivity contribution in [2.24, 2.45) is 5.10 Å². The van der Waals surface area contributed by atoms with Crippen molar-refractivity contribution < 1.29 is 14.6 Å². The molecular weight excluding hydrogens is 348 g/mol. The zero-order valence-electron chi connectivity index (χ0n) is 12.6. The number of carbonyl (C=O) groups excluding carboxylic acids is 1. The summed E-state index contributed by atoms with van der Waals surface area (Å²) in [7, 11) is 1.47. The fraction of sp³-hybridized carbons (Fsp3) is 0.0588. The molecule has 1 aromatic heterocycles. The molecule has 2 aromatic carbocycles. The molecule has 0 saturated heterocycles. The Bertz CT molecular complexity index is 937. The maximum atomic E-state index is 12.2. The lowest BCUT2D eigenvalue weighted by atomic mass is 10.2. The van der Waals surface area contributed by atoms with Crippen molar-refractivity contribution >= 4 is 45.1 Å². The number of hydrogen-bond acceptors (Lipinski definition) is 5. The Morgan fingerprint density at radius 3 is 2.83 bits per heavy atom. The molecule has 3 aromatic rings. The number of thiophene rings is 1. The van der Waals surface area contributed by atoms with Crippen LogP contribution in [0, 0.1) is 0 Å². The van der Waals surface area contributed by atoms with Gasteiger partial charge in [0.25, 0.3) is 5.91 Å². The number of ether oxygens (including phenoxy) is 1. The number of nitrogens with one attached hydrogen (secondary N) is 1. The van der Waals surface area contributed by atoms with E-state index in [9.17, 15) is 9.90 Å². The molecule has 0 spiro atoms. The third kappa shape index (κ3) is 3.20. The standard InChI is InChI=1S/C17H13ClN2O3S/c1-23-13-7-6-10(8-12(13)21)9-19-20-17(22)16-15(18)11-4-2-3-5-14(11)24-16/h2-9,21H,1H3,(H,20,22). The third-order valence-electron chi connectivity index (χ3n) is 3.32. The Labute approximate surface area is 147 Å². The first-order chi connectivity index (χ1) is 11.6. The number of benzene rings is 2. The van der Waals surface area contributed by atoms with Crippen LogP contribution in [-0.2, 0) is 0 Å².